The zero-order chi connectivity index (χ0) is 27.8. The van der Waals surface area contributed by atoms with E-state index in [0.717, 1.165) is 23.5 Å². The Morgan fingerprint density at radius 2 is 1.95 bits per heavy atom. The molecule has 0 aliphatic carbocycles. The molecule has 0 spiro atoms. The van der Waals surface area contributed by atoms with Gasteiger partial charge < -0.3 is 21.3 Å². The number of hydrogen-bond acceptors (Lipinski definition) is 7. The molecule has 12 heteroatoms. The van der Waals surface area contributed by atoms with Gasteiger partial charge in [0.25, 0.3) is 11.8 Å². The maximum atomic E-state index is 14.9. The number of alkyl halides is 2. The summed E-state index contributed by atoms with van der Waals surface area (Å²) >= 11 is 0.872. The number of benzene rings is 1. The summed E-state index contributed by atoms with van der Waals surface area (Å²) < 4.78 is 57.8. The fraction of sp³-hybridized carbons (Fsp3) is 0.385. The van der Waals surface area contributed by atoms with Crippen LogP contribution in [0.15, 0.2) is 36.4 Å². The van der Waals surface area contributed by atoms with Gasteiger partial charge in [-0.15, -0.1) is 11.3 Å². The Balaban J connectivity index is 1.66. The predicted molar refractivity (Wildman–Crippen MR) is 137 cm³/mol. The number of aliphatic hydroxyl groups excluding tert-OH is 1. The summed E-state index contributed by atoms with van der Waals surface area (Å²) in [7, 11) is 0. The lowest BCUT2D eigenvalue weighted by molar-refractivity contribution is -0.0809. The number of pyridine rings is 1. The molecular formula is C26H28F4N4O3S. The fourth-order valence-electron chi connectivity index (χ4n) is 4.43. The van der Waals surface area contributed by atoms with Crippen LogP contribution in [0.2, 0.25) is 0 Å². The number of nitrogens with one attached hydrogen (secondary N) is 1. The van der Waals surface area contributed by atoms with E-state index in [0.29, 0.717) is 12.2 Å². The van der Waals surface area contributed by atoms with E-state index in [9.17, 15) is 32.6 Å². The van der Waals surface area contributed by atoms with Crippen LogP contribution in [0.1, 0.15) is 54.3 Å². The van der Waals surface area contributed by atoms with Crippen molar-refractivity contribution in [1.82, 2.24) is 9.88 Å². The second-order valence-corrected chi connectivity index (χ2v) is 10.8. The van der Waals surface area contributed by atoms with Gasteiger partial charge in [-0.3, -0.25) is 9.69 Å². The van der Waals surface area contributed by atoms with E-state index in [1.165, 1.54) is 24.8 Å². The lowest BCUT2D eigenvalue weighted by atomic mass is 9.96. The number of aliphatic hydroxyl groups is 2. The number of hydrogen-bond donors (Lipinski definition) is 4. The Bertz CT molecular complexity index is 1320. The number of halogens is 4. The molecule has 1 aliphatic heterocycles. The first-order valence-electron chi connectivity index (χ1n) is 11.9. The predicted octanol–water partition coefficient (Wildman–Crippen LogP) is 4.92. The van der Waals surface area contributed by atoms with Gasteiger partial charge in [-0.2, -0.15) is 0 Å². The van der Waals surface area contributed by atoms with E-state index in [1.807, 2.05) is 0 Å². The van der Waals surface area contributed by atoms with Crippen LogP contribution >= 0.6 is 11.3 Å². The van der Waals surface area contributed by atoms with E-state index in [2.05, 4.69) is 10.3 Å². The minimum atomic E-state index is -2.86. The van der Waals surface area contributed by atoms with Gasteiger partial charge in [-0.25, -0.2) is 22.5 Å². The lowest BCUT2D eigenvalue weighted by Gasteiger charge is -2.37. The third-order valence-electron chi connectivity index (χ3n) is 6.38. The molecule has 1 aliphatic rings. The molecule has 38 heavy (non-hydrogen) atoms. The zero-order valence-electron chi connectivity index (χ0n) is 20.8. The molecule has 5 N–H and O–H groups in total. The fourth-order valence-corrected chi connectivity index (χ4v) is 5.55. The summed E-state index contributed by atoms with van der Waals surface area (Å²) in [6.07, 6.45) is 0.0697. The van der Waals surface area contributed by atoms with Gasteiger partial charge in [-0.05, 0) is 62.7 Å². The van der Waals surface area contributed by atoms with Crippen LogP contribution in [-0.2, 0) is 5.60 Å². The minimum absolute atomic E-state index is 0.0306. The topological polar surface area (TPSA) is 112 Å². The number of nitrogens with two attached hydrogens (primary N) is 1. The van der Waals surface area contributed by atoms with Gasteiger partial charge in [0.15, 0.2) is 0 Å². The molecule has 7 nitrogen and oxygen atoms in total. The van der Waals surface area contributed by atoms with Crippen molar-refractivity contribution < 1.29 is 32.6 Å². The van der Waals surface area contributed by atoms with Crippen LogP contribution in [0, 0.1) is 11.6 Å². The van der Waals surface area contributed by atoms with Gasteiger partial charge in [0.1, 0.15) is 22.5 Å². The standard InChI is InChI=1S/C26H28F4N4O3S/c1-25(2,37)14-9-16(27)22(17(28)10-14)20-11-15(23(31)36)24(38-20)33-21-6-3-5-18(32-21)19(12-35)34-8-4-7-26(29,30)13-34/h3,5-6,9-11,19,35,37H,4,7-8,12-13H2,1-2H3,(H2,31,36)(H,32,33). The highest BCUT2D eigenvalue weighted by atomic mass is 32.1. The maximum Gasteiger partial charge on any atom is 0.260 e. The summed E-state index contributed by atoms with van der Waals surface area (Å²) in [4.78, 5) is 18.1. The average Bonchev–Trinajstić information content (AvgIpc) is 3.21. The van der Waals surface area contributed by atoms with Crippen molar-refractivity contribution in [3.05, 3.63) is 64.9 Å². The van der Waals surface area contributed by atoms with E-state index in [-0.39, 0.29) is 45.2 Å². The first-order valence-corrected chi connectivity index (χ1v) is 12.7. The van der Waals surface area contributed by atoms with E-state index in [4.69, 9.17) is 5.73 Å². The van der Waals surface area contributed by atoms with Crippen molar-refractivity contribution >= 4 is 28.1 Å². The molecule has 1 amide bonds. The van der Waals surface area contributed by atoms with Crippen molar-refractivity contribution in [2.75, 3.05) is 25.0 Å². The Hall–Kier alpha value is -3.06. The zero-order valence-corrected chi connectivity index (χ0v) is 21.6. The van der Waals surface area contributed by atoms with Crippen LogP contribution in [-0.4, -0.2) is 51.6 Å². The molecule has 0 radical (unpaired) electrons. The van der Waals surface area contributed by atoms with Gasteiger partial charge in [-0.1, -0.05) is 6.07 Å². The second kappa shape index (κ2) is 10.6. The highest BCUT2D eigenvalue weighted by Gasteiger charge is 2.38. The molecule has 0 bridgehead atoms. The molecule has 2 aromatic heterocycles. The number of likely N-dealkylation sites (tertiary alicyclic amines) is 1. The number of anilines is 2. The molecular weight excluding hydrogens is 524 g/mol. The molecule has 3 aromatic rings. The lowest BCUT2D eigenvalue weighted by Crippen LogP contribution is -2.45. The molecule has 0 saturated carbocycles. The van der Waals surface area contributed by atoms with Crippen molar-refractivity contribution in [3.8, 4) is 10.4 Å². The summed E-state index contributed by atoms with van der Waals surface area (Å²) in [6, 6.07) is 7.32. The Morgan fingerprint density at radius 3 is 2.53 bits per heavy atom. The molecule has 1 fully saturated rings. The van der Waals surface area contributed by atoms with Crippen LogP contribution in [0.4, 0.5) is 28.4 Å². The molecule has 3 heterocycles. The van der Waals surface area contributed by atoms with E-state index in [1.54, 1.807) is 18.2 Å². The molecule has 1 atom stereocenters. The summed E-state index contributed by atoms with van der Waals surface area (Å²) in [5, 5.41) is 23.2. The summed E-state index contributed by atoms with van der Waals surface area (Å²) in [5.74, 6) is -5.32. The quantitative estimate of drug-likeness (QED) is 0.295. The molecule has 1 aromatic carbocycles. The van der Waals surface area contributed by atoms with Crippen molar-refractivity contribution in [3.63, 3.8) is 0 Å². The molecule has 204 valence electrons. The number of nitrogens with zero attached hydrogens (tertiary/aromatic N) is 2. The van der Waals surface area contributed by atoms with E-state index < -0.39 is 48.3 Å². The smallest absolute Gasteiger partial charge is 0.260 e. The maximum absolute atomic E-state index is 14.9. The number of rotatable bonds is 8. The van der Waals surface area contributed by atoms with Crippen molar-refractivity contribution in [2.24, 2.45) is 5.73 Å². The molecule has 1 unspecified atom stereocenters. The average molecular weight is 553 g/mol. The van der Waals surface area contributed by atoms with Crippen LogP contribution in [0.3, 0.4) is 0 Å². The van der Waals surface area contributed by atoms with Gasteiger partial charge >= 0.3 is 0 Å². The van der Waals surface area contributed by atoms with Gasteiger partial charge in [0.05, 0.1) is 41.6 Å². The number of carbonyl (C=O) groups is 1. The molecule has 1 saturated heterocycles. The number of carbonyl (C=O) groups excluding carboxylic acids is 1. The first-order chi connectivity index (χ1) is 17.8. The highest BCUT2D eigenvalue weighted by Crippen LogP contribution is 2.40. The SMILES string of the molecule is CC(C)(O)c1cc(F)c(-c2cc(C(N)=O)c(Nc3cccc(C(CO)N4CCCC(F)(F)C4)n3)s2)c(F)c1. The Kier molecular flexibility index (Phi) is 7.80. The number of aromatic nitrogens is 1. The third-order valence-corrected chi connectivity index (χ3v) is 7.45. The number of amides is 1. The van der Waals surface area contributed by atoms with Gasteiger partial charge in [0, 0.05) is 11.3 Å². The third kappa shape index (κ3) is 5.98. The summed E-state index contributed by atoms with van der Waals surface area (Å²) in [6.45, 7) is 2.25. The Morgan fingerprint density at radius 1 is 1.26 bits per heavy atom. The van der Waals surface area contributed by atoms with Crippen LogP contribution < -0.4 is 11.1 Å². The highest BCUT2D eigenvalue weighted by molar-refractivity contribution is 7.20. The van der Waals surface area contributed by atoms with Crippen LogP contribution in [0.25, 0.3) is 10.4 Å². The van der Waals surface area contributed by atoms with Crippen LogP contribution in [0.5, 0.6) is 0 Å². The first kappa shape index (κ1) is 28.0. The summed E-state index contributed by atoms with van der Waals surface area (Å²) in [5.41, 5.74) is 4.03. The number of thiophene rings is 1. The largest absolute Gasteiger partial charge is 0.394 e. The molecule has 4 rings (SSSR count). The van der Waals surface area contributed by atoms with E-state index >= 15 is 0 Å². The number of primary amides is 1. The number of piperidine rings is 1. The van der Waals surface area contributed by atoms with Crippen molar-refractivity contribution in [2.45, 2.75) is 44.3 Å². The van der Waals surface area contributed by atoms with Gasteiger partial charge in [0.2, 0.25) is 0 Å². The second-order valence-electron chi connectivity index (χ2n) is 9.79. The van der Waals surface area contributed by atoms with Crippen molar-refractivity contribution in [1.29, 1.82) is 0 Å². The monoisotopic (exact) mass is 552 g/mol. The Labute approximate surface area is 220 Å². The normalized spacial score (nSPS) is 16.8. The minimum Gasteiger partial charge on any atom is -0.394 e.